The number of ether oxygens (including phenoxy) is 1. The molecule has 1 rings (SSSR count). The first kappa shape index (κ1) is 9.19. The van der Waals surface area contributed by atoms with Crippen LogP contribution in [0.3, 0.4) is 0 Å². The van der Waals surface area contributed by atoms with Gasteiger partial charge in [0.15, 0.2) is 11.3 Å². The van der Waals surface area contributed by atoms with Crippen molar-refractivity contribution >= 4 is 0 Å². The summed E-state index contributed by atoms with van der Waals surface area (Å²) < 4.78 is 27.4. The maximum Gasteiger partial charge on any atom is 0.387 e. The van der Waals surface area contributed by atoms with E-state index in [-0.39, 0.29) is 0 Å². The Labute approximate surface area is 71.4 Å². The molecule has 0 fully saturated rings. The highest BCUT2D eigenvalue weighted by Crippen LogP contribution is 2.14. The summed E-state index contributed by atoms with van der Waals surface area (Å²) in [5, 5.41) is 8.42. The van der Waals surface area contributed by atoms with Crippen LogP contribution in [0.4, 0.5) is 8.78 Å². The topological polar surface area (TPSA) is 65.9 Å². The lowest BCUT2D eigenvalue weighted by molar-refractivity contribution is -0.0501. The molecule has 1 aromatic heterocycles. The molecular weight excluding hydrogens is 182 g/mol. The van der Waals surface area contributed by atoms with Crippen LogP contribution in [0.5, 0.6) is 5.75 Å². The summed E-state index contributed by atoms with van der Waals surface area (Å²) in [4.78, 5) is 13.0. The van der Waals surface area contributed by atoms with E-state index >= 15 is 0 Å². The number of aromatic nitrogens is 1. The fourth-order valence-corrected chi connectivity index (χ4v) is 0.760. The van der Waals surface area contributed by atoms with Crippen molar-refractivity contribution < 1.29 is 13.5 Å². The quantitative estimate of drug-likeness (QED) is 0.744. The normalized spacial score (nSPS) is 9.69. The van der Waals surface area contributed by atoms with E-state index in [1.165, 1.54) is 6.07 Å². The third kappa shape index (κ3) is 2.02. The van der Waals surface area contributed by atoms with E-state index in [4.69, 9.17) is 5.26 Å². The summed E-state index contributed by atoms with van der Waals surface area (Å²) >= 11 is 0. The number of alkyl halides is 2. The van der Waals surface area contributed by atoms with Crippen molar-refractivity contribution in [2.24, 2.45) is 0 Å². The van der Waals surface area contributed by atoms with Gasteiger partial charge in [0.2, 0.25) is 0 Å². The Balaban J connectivity index is 3.15. The van der Waals surface area contributed by atoms with Gasteiger partial charge in [-0.2, -0.15) is 14.0 Å². The predicted molar refractivity (Wildman–Crippen MR) is 38.4 cm³/mol. The lowest BCUT2D eigenvalue weighted by atomic mass is 10.3. The van der Waals surface area contributed by atoms with Gasteiger partial charge < -0.3 is 9.72 Å². The van der Waals surface area contributed by atoms with Gasteiger partial charge in [0.05, 0.1) is 0 Å². The van der Waals surface area contributed by atoms with Crippen molar-refractivity contribution in [2.75, 3.05) is 0 Å². The van der Waals surface area contributed by atoms with Crippen LogP contribution in [-0.2, 0) is 0 Å². The summed E-state index contributed by atoms with van der Waals surface area (Å²) in [5.41, 5.74) is -1.21. The number of nitriles is 1. The minimum atomic E-state index is -3.05. The van der Waals surface area contributed by atoms with E-state index in [9.17, 15) is 13.6 Å². The van der Waals surface area contributed by atoms with Crippen LogP contribution in [-0.4, -0.2) is 11.6 Å². The summed E-state index contributed by atoms with van der Waals surface area (Å²) in [6.07, 6.45) is 1.13. The van der Waals surface area contributed by atoms with Gasteiger partial charge in [-0.25, -0.2) is 0 Å². The van der Waals surface area contributed by atoms with Gasteiger partial charge in [-0.05, 0) is 6.07 Å². The zero-order chi connectivity index (χ0) is 9.84. The Hall–Kier alpha value is -1.90. The molecule has 6 heteroatoms. The molecule has 68 valence electrons. The maximum atomic E-state index is 11.7. The number of nitrogens with zero attached hydrogens (tertiary/aromatic N) is 1. The van der Waals surface area contributed by atoms with Crippen molar-refractivity contribution in [1.29, 1.82) is 5.26 Å². The minimum absolute atomic E-state index is 0.416. The molecule has 0 aliphatic rings. The van der Waals surface area contributed by atoms with Crippen LogP contribution in [0.1, 0.15) is 5.56 Å². The number of aromatic amines is 1. The Bertz CT molecular complexity index is 394. The molecule has 0 aliphatic carbocycles. The Kier molecular flexibility index (Phi) is 2.59. The number of pyridine rings is 1. The molecule has 1 N–H and O–H groups in total. The first-order valence-corrected chi connectivity index (χ1v) is 3.21. The van der Waals surface area contributed by atoms with E-state index in [1.807, 2.05) is 0 Å². The van der Waals surface area contributed by atoms with Gasteiger partial charge in [0.25, 0.3) is 5.56 Å². The third-order valence-electron chi connectivity index (χ3n) is 1.25. The molecule has 0 spiro atoms. The van der Waals surface area contributed by atoms with Crippen LogP contribution in [0.15, 0.2) is 17.1 Å². The van der Waals surface area contributed by atoms with Crippen LogP contribution < -0.4 is 10.3 Å². The largest absolute Gasteiger partial charge is 0.433 e. The Morgan fingerprint density at radius 2 is 2.31 bits per heavy atom. The number of H-pyrrole nitrogens is 1. The van der Waals surface area contributed by atoms with E-state index in [0.717, 1.165) is 12.3 Å². The molecule has 0 unspecified atom stereocenters. The Morgan fingerprint density at radius 1 is 1.62 bits per heavy atom. The molecule has 0 aliphatic heterocycles. The van der Waals surface area contributed by atoms with Gasteiger partial charge >= 0.3 is 6.61 Å². The van der Waals surface area contributed by atoms with E-state index in [2.05, 4.69) is 9.72 Å². The van der Waals surface area contributed by atoms with Gasteiger partial charge in [-0.15, -0.1) is 0 Å². The van der Waals surface area contributed by atoms with Crippen molar-refractivity contribution in [3.05, 3.63) is 28.2 Å². The molecule has 0 atom stereocenters. The summed E-state index contributed by atoms with van der Waals surface area (Å²) in [6, 6.07) is 2.56. The molecule has 4 nitrogen and oxygen atoms in total. The zero-order valence-electron chi connectivity index (χ0n) is 6.25. The molecule has 0 saturated carbocycles. The Morgan fingerprint density at radius 3 is 2.85 bits per heavy atom. The minimum Gasteiger partial charge on any atom is -0.433 e. The first-order valence-electron chi connectivity index (χ1n) is 3.21. The molecule has 1 heterocycles. The van der Waals surface area contributed by atoms with Gasteiger partial charge in [0.1, 0.15) is 6.07 Å². The molecule has 13 heavy (non-hydrogen) atoms. The number of nitrogens with one attached hydrogen (secondary N) is 1. The lowest BCUT2D eigenvalue weighted by Crippen LogP contribution is -2.13. The monoisotopic (exact) mass is 186 g/mol. The van der Waals surface area contributed by atoms with Crippen LogP contribution in [0.25, 0.3) is 0 Å². The van der Waals surface area contributed by atoms with Crippen molar-refractivity contribution in [2.45, 2.75) is 6.61 Å². The molecule has 0 saturated heterocycles. The van der Waals surface area contributed by atoms with E-state index in [0.29, 0.717) is 0 Å². The number of hydrogen-bond donors (Lipinski definition) is 1. The van der Waals surface area contributed by atoms with Crippen LogP contribution in [0, 0.1) is 11.3 Å². The average molecular weight is 186 g/mol. The highest BCUT2D eigenvalue weighted by Gasteiger charge is 2.11. The molecule has 0 aromatic carbocycles. The highest BCUT2D eigenvalue weighted by molar-refractivity contribution is 5.40. The van der Waals surface area contributed by atoms with Crippen molar-refractivity contribution in [1.82, 2.24) is 4.98 Å². The van der Waals surface area contributed by atoms with E-state index < -0.39 is 23.5 Å². The second-order valence-electron chi connectivity index (χ2n) is 2.04. The smallest absolute Gasteiger partial charge is 0.387 e. The van der Waals surface area contributed by atoms with Gasteiger partial charge in [0, 0.05) is 6.20 Å². The van der Waals surface area contributed by atoms with Crippen molar-refractivity contribution in [3.63, 3.8) is 0 Å². The first-order chi connectivity index (χ1) is 6.15. The summed E-state index contributed by atoms with van der Waals surface area (Å²) in [5.74, 6) is -0.416. The maximum absolute atomic E-state index is 11.7. The second-order valence-corrected chi connectivity index (χ2v) is 2.04. The highest BCUT2D eigenvalue weighted by atomic mass is 19.3. The third-order valence-corrected chi connectivity index (χ3v) is 1.25. The van der Waals surface area contributed by atoms with Gasteiger partial charge in [-0.1, -0.05) is 0 Å². The molecule has 0 radical (unpaired) electrons. The van der Waals surface area contributed by atoms with Gasteiger partial charge in [-0.3, -0.25) is 4.79 Å². The summed E-state index contributed by atoms with van der Waals surface area (Å²) in [6.45, 7) is -3.05. The molecule has 1 aromatic rings. The molecular formula is C7H4F2N2O2. The van der Waals surface area contributed by atoms with Crippen LogP contribution >= 0.6 is 0 Å². The molecule has 0 amide bonds. The fraction of sp³-hybridized carbons (Fsp3) is 0.143. The predicted octanol–water partition coefficient (Wildman–Crippen LogP) is 0.848. The molecule has 0 bridgehead atoms. The average Bonchev–Trinajstić information content (AvgIpc) is 2.03. The second kappa shape index (κ2) is 3.67. The standard InChI is InChI=1S/C7H4F2N2O2/c8-7(9)13-5-1-2-11-6(12)4(5)3-10/h1-2,7H,(H,11,12). The summed E-state index contributed by atoms with van der Waals surface area (Å²) in [7, 11) is 0. The fourth-order valence-electron chi connectivity index (χ4n) is 0.760. The SMILES string of the molecule is N#Cc1c(OC(F)F)cc[nH]c1=O. The van der Waals surface area contributed by atoms with Crippen LogP contribution in [0.2, 0.25) is 0 Å². The lowest BCUT2D eigenvalue weighted by Gasteiger charge is -2.03. The van der Waals surface area contributed by atoms with E-state index in [1.54, 1.807) is 0 Å². The number of hydrogen-bond acceptors (Lipinski definition) is 3. The van der Waals surface area contributed by atoms with Crippen molar-refractivity contribution in [3.8, 4) is 11.8 Å². The number of rotatable bonds is 2. The zero-order valence-corrected chi connectivity index (χ0v) is 6.25. The number of halogens is 2.